The Labute approximate surface area is 172 Å². The second-order valence-electron chi connectivity index (χ2n) is 8.53. The van der Waals surface area contributed by atoms with Gasteiger partial charge in [0.1, 0.15) is 18.2 Å². The molecule has 5 heteroatoms. The Bertz CT molecular complexity index is 814. The van der Waals surface area contributed by atoms with Gasteiger partial charge in [0, 0.05) is 6.54 Å². The number of carbonyl (C=O) groups is 2. The SMILES string of the molecule is CC(C)(C)OC(=O)N1C[C@@H](Cc2ccccc2)C[C@@H]1C(=O)OCc1ccccc1. The highest BCUT2D eigenvalue weighted by atomic mass is 16.6. The van der Waals surface area contributed by atoms with Crippen LogP contribution in [0.25, 0.3) is 0 Å². The molecular formula is C24H29NO4. The summed E-state index contributed by atoms with van der Waals surface area (Å²) in [4.78, 5) is 27.1. The maximum atomic E-state index is 12.8. The molecule has 0 saturated carbocycles. The van der Waals surface area contributed by atoms with Crippen molar-refractivity contribution >= 4 is 12.1 Å². The highest BCUT2D eigenvalue weighted by Gasteiger charge is 2.42. The summed E-state index contributed by atoms with van der Waals surface area (Å²) in [6.07, 6.45) is 0.916. The quantitative estimate of drug-likeness (QED) is 0.695. The Morgan fingerprint density at radius 1 is 0.966 bits per heavy atom. The molecule has 0 aromatic heterocycles. The molecule has 1 amide bonds. The fraction of sp³-hybridized carbons (Fsp3) is 0.417. The molecule has 0 spiro atoms. The zero-order valence-corrected chi connectivity index (χ0v) is 17.3. The van der Waals surface area contributed by atoms with Crippen LogP contribution in [0.1, 0.15) is 38.3 Å². The first-order valence-electron chi connectivity index (χ1n) is 10.1. The molecule has 0 N–H and O–H groups in total. The summed E-state index contributed by atoms with van der Waals surface area (Å²) in [6.45, 7) is 6.15. The van der Waals surface area contributed by atoms with E-state index < -0.39 is 17.7 Å². The smallest absolute Gasteiger partial charge is 0.411 e. The van der Waals surface area contributed by atoms with Crippen LogP contribution in [0.5, 0.6) is 0 Å². The summed E-state index contributed by atoms with van der Waals surface area (Å²) in [5.41, 5.74) is 1.50. The molecule has 0 unspecified atom stereocenters. The van der Waals surface area contributed by atoms with Crippen LogP contribution in [0, 0.1) is 5.92 Å². The van der Waals surface area contributed by atoms with Crippen molar-refractivity contribution in [2.24, 2.45) is 5.92 Å². The van der Waals surface area contributed by atoms with Crippen LogP contribution in [0.3, 0.4) is 0 Å². The van der Waals surface area contributed by atoms with Gasteiger partial charge in [-0.1, -0.05) is 60.7 Å². The lowest BCUT2D eigenvalue weighted by Gasteiger charge is -2.27. The number of carbonyl (C=O) groups excluding carboxylic acids is 2. The number of rotatable bonds is 5. The van der Waals surface area contributed by atoms with E-state index in [1.165, 1.54) is 10.5 Å². The molecule has 2 atom stereocenters. The third-order valence-corrected chi connectivity index (χ3v) is 4.88. The normalized spacial score (nSPS) is 19.1. The molecule has 0 bridgehead atoms. The van der Waals surface area contributed by atoms with E-state index in [0.29, 0.717) is 13.0 Å². The summed E-state index contributed by atoms with van der Waals surface area (Å²) >= 11 is 0. The summed E-state index contributed by atoms with van der Waals surface area (Å²) in [6, 6.07) is 19.0. The number of ether oxygens (including phenoxy) is 2. The number of benzene rings is 2. The lowest BCUT2D eigenvalue weighted by molar-refractivity contribution is -0.150. The van der Waals surface area contributed by atoms with Crippen LogP contribution in [0.2, 0.25) is 0 Å². The van der Waals surface area contributed by atoms with Gasteiger partial charge in [0.15, 0.2) is 0 Å². The number of nitrogens with zero attached hydrogens (tertiary/aromatic N) is 1. The average Bonchev–Trinajstić information content (AvgIpc) is 3.10. The van der Waals surface area contributed by atoms with Crippen LogP contribution in [-0.2, 0) is 27.3 Å². The number of likely N-dealkylation sites (tertiary alicyclic amines) is 1. The zero-order valence-electron chi connectivity index (χ0n) is 17.3. The molecule has 1 aliphatic heterocycles. The molecule has 0 radical (unpaired) electrons. The lowest BCUT2D eigenvalue weighted by atomic mass is 9.97. The zero-order chi connectivity index (χ0) is 20.9. The summed E-state index contributed by atoms with van der Waals surface area (Å²) in [5.74, 6) is -0.200. The third kappa shape index (κ3) is 6.08. The Kier molecular flexibility index (Phi) is 6.57. The van der Waals surface area contributed by atoms with E-state index in [1.807, 2.05) is 69.3 Å². The van der Waals surface area contributed by atoms with Gasteiger partial charge in [0.25, 0.3) is 0 Å². The Balaban J connectivity index is 1.69. The van der Waals surface area contributed by atoms with Crippen molar-refractivity contribution in [1.29, 1.82) is 0 Å². The van der Waals surface area contributed by atoms with Crippen LogP contribution in [0.15, 0.2) is 60.7 Å². The van der Waals surface area contributed by atoms with Gasteiger partial charge >= 0.3 is 12.1 Å². The molecular weight excluding hydrogens is 366 g/mol. The number of esters is 1. The Hall–Kier alpha value is -2.82. The van der Waals surface area contributed by atoms with Crippen LogP contribution < -0.4 is 0 Å². The van der Waals surface area contributed by atoms with Crippen molar-refractivity contribution in [2.75, 3.05) is 6.54 Å². The van der Waals surface area contributed by atoms with Crippen molar-refractivity contribution in [3.05, 3.63) is 71.8 Å². The van der Waals surface area contributed by atoms with Gasteiger partial charge in [-0.15, -0.1) is 0 Å². The fourth-order valence-corrected chi connectivity index (χ4v) is 3.59. The van der Waals surface area contributed by atoms with Crippen LogP contribution in [0.4, 0.5) is 4.79 Å². The second-order valence-corrected chi connectivity index (χ2v) is 8.53. The van der Waals surface area contributed by atoms with E-state index in [2.05, 4.69) is 12.1 Å². The second kappa shape index (κ2) is 9.12. The number of amides is 1. The first-order valence-corrected chi connectivity index (χ1v) is 10.1. The van der Waals surface area contributed by atoms with E-state index in [0.717, 1.165) is 12.0 Å². The van der Waals surface area contributed by atoms with Gasteiger partial charge in [-0.25, -0.2) is 9.59 Å². The summed E-state index contributed by atoms with van der Waals surface area (Å²) in [5, 5.41) is 0. The molecule has 1 fully saturated rings. The van der Waals surface area contributed by atoms with Gasteiger partial charge in [-0.2, -0.15) is 0 Å². The average molecular weight is 395 g/mol. The van der Waals surface area contributed by atoms with Gasteiger partial charge < -0.3 is 9.47 Å². The molecule has 1 saturated heterocycles. The molecule has 1 aliphatic rings. The fourth-order valence-electron chi connectivity index (χ4n) is 3.59. The molecule has 1 heterocycles. The largest absolute Gasteiger partial charge is 0.459 e. The van der Waals surface area contributed by atoms with Crippen molar-refractivity contribution in [3.63, 3.8) is 0 Å². The molecule has 2 aromatic carbocycles. The summed E-state index contributed by atoms with van der Waals surface area (Å²) < 4.78 is 11.1. The topological polar surface area (TPSA) is 55.8 Å². The first kappa shape index (κ1) is 20.9. The van der Waals surface area contributed by atoms with E-state index in [9.17, 15) is 9.59 Å². The minimum absolute atomic E-state index is 0.180. The van der Waals surface area contributed by atoms with Gasteiger partial charge in [-0.05, 0) is 50.7 Å². The van der Waals surface area contributed by atoms with Crippen molar-refractivity contribution in [2.45, 2.75) is 51.9 Å². The van der Waals surface area contributed by atoms with E-state index in [4.69, 9.17) is 9.47 Å². The highest BCUT2D eigenvalue weighted by Crippen LogP contribution is 2.29. The van der Waals surface area contributed by atoms with Crippen molar-refractivity contribution < 1.29 is 19.1 Å². The monoisotopic (exact) mass is 395 g/mol. The molecule has 3 rings (SSSR count). The molecule has 5 nitrogen and oxygen atoms in total. The maximum Gasteiger partial charge on any atom is 0.411 e. The van der Waals surface area contributed by atoms with E-state index >= 15 is 0 Å². The molecule has 2 aromatic rings. The number of hydrogen-bond acceptors (Lipinski definition) is 4. The minimum atomic E-state index is -0.623. The minimum Gasteiger partial charge on any atom is -0.459 e. The number of hydrogen-bond donors (Lipinski definition) is 0. The van der Waals surface area contributed by atoms with Crippen molar-refractivity contribution in [3.8, 4) is 0 Å². The molecule has 0 aliphatic carbocycles. The predicted molar refractivity (Wildman–Crippen MR) is 111 cm³/mol. The lowest BCUT2D eigenvalue weighted by Crippen LogP contribution is -2.44. The Morgan fingerprint density at radius 2 is 1.55 bits per heavy atom. The maximum absolute atomic E-state index is 12.8. The first-order chi connectivity index (χ1) is 13.8. The summed E-state index contributed by atoms with van der Waals surface area (Å²) in [7, 11) is 0. The molecule has 29 heavy (non-hydrogen) atoms. The molecule has 154 valence electrons. The standard InChI is InChI=1S/C24H29NO4/c1-24(2,3)29-23(27)25-16-20(14-18-10-6-4-7-11-18)15-21(25)22(26)28-17-19-12-8-5-9-13-19/h4-13,20-21H,14-17H2,1-3H3/t20-,21+/m0/s1. The van der Waals surface area contributed by atoms with Gasteiger partial charge in [0.05, 0.1) is 0 Å². The highest BCUT2D eigenvalue weighted by molar-refractivity contribution is 5.82. The van der Waals surface area contributed by atoms with E-state index in [1.54, 1.807) is 0 Å². The Morgan fingerprint density at radius 3 is 2.14 bits per heavy atom. The van der Waals surface area contributed by atoms with Crippen LogP contribution >= 0.6 is 0 Å². The van der Waals surface area contributed by atoms with Gasteiger partial charge in [0.2, 0.25) is 0 Å². The van der Waals surface area contributed by atoms with Gasteiger partial charge in [-0.3, -0.25) is 4.90 Å². The third-order valence-electron chi connectivity index (χ3n) is 4.88. The van der Waals surface area contributed by atoms with E-state index in [-0.39, 0.29) is 18.5 Å². The van der Waals surface area contributed by atoms with Crippen molar-refractivity contribution in [1.82, 2.24) is 4.90 Å². The predicted octanol–water partition coefficient (Wildman–Crippen LogP) is 4.60. The van der Waals surface area contributed by atoms with Crippen LogP contribution in [-0.4, -0.2) is 35.2 Å².